The van der Waals surface area contributed by atoms with Gasteiger partial charge in [0.25, 0.3) is 0 Å². The van der Waals surface area contributed by atoms with Crippen LogP contribution in [0.15, 0.2) is 17.4 Å². The van der Waals surface area contributed by atoms with Crippen LogP contribution in [0.1, 0.15) is 11.1 Å². The van der Waals surface area contributed by atoms with E-state index in [1.807, 2.05) is 13.0 Å². The number of nitrogens with zero attached hydrogens (tertiary/aromatic N) is 3. The number of hydrogen-bond donors (Lipinski definition) is 2. The highest BCUT2D eigenvalue weighted by Gasteiger charge is 2.13. The van der Waals surface area contributed by atoms with E-state index < -0.39 is 0 Å². The van der Waals surface area contributed by atoms with Crippen molar-refractivity contribution in [3.8, 4) is 0 Å². The van der Waals surface area contributed by atoms with Crippen molar-refractivity contribution in [1.82, 2.24) is 10.3 Å². The van der Waals surface area contributed by atoms with Crippen LogP contribution in [-0.4, -0.2) is 42.6 Å². The van der Waals surface area contributed by atoms with E-state index in [0.717, 1.165) is 43.1 Å². The number of piperazine rings is 1. The smallest absolute Gasteiger partial charge is 0.131 e. The fourth-order valence-electron chi connectivity index (χ4n) is 1.93. The van der Waals surface area contributed by atoms with Crippen LogP contribution < -0.4 is 10.2 Å². The molecule has 5 heteroatoms. The summed E-state index contributed by atoms with van der Waals surface area (Å²) in [5.41, 5.74) is 1.93. The van der Waals surface area contributed by atoms with Crippen LogP contribution in [0.3, 0.4) is 0 Å². The number of anilines is 1. The first-order valence-corrected chi connectivity index (χ1v) is 5.41. The van der Waals surface area contributed by atoms with Crippen molar-refractivity contribution in [3.05, 3.63) is 23.4 Å². The lowest BCUT2D eigenvalue weighted by molar-refractivity contribution is 0.322. The van der Waals surface area contributed by atoms with E-state index in [4.69, 9.17) is 5.21 Å². The Morgan fingerprint density at radius 3 is 2.88 bits per heavy atom. The number of aryl methyl sites for hydroxylation is 1. The second kappa shape index (κ2) is 4.94. The molecule has 0 atom stereocenters. The molecule has 0 radical (unpaired) electrons. The molecule has 1 fully saturated rings. The highest BCUT2D eigenvalue weighted by molar-refractivity contribution is 5.79. The summed E-state index contributed by atoms with van der Waals surface area (Å²) >= 11 is 0. The summed E-state index contributed by atoms with van der Waals surface area (Å²) in [6.07, 6.45) is 3.12. The molecule has 0 aliphatic carbocycles. The van der Waals surface area contributed by atoms with E-state index in [0.29, 0.717) is 0 Å². The van der Waals surface area contributed by atoms with Gasteiger partial charge in [0.2, 0.25) is 0 Å². The van der Waals surface area contributed by atoms with Gasteiger partial charge in [-0.05, 0) is 18.6 Å². The number of aromatic nitrogens is 1. The Morgan fingerprint density at radius 1 is 1.50 bits per heavy atom. The van der Waals surface area contributed by atoms with Crippen molar-refractivity contribution in [2.45, 2.75) is 6.92 Å². The Labute approximate surface area is 94.8 Å². The summed E-state index contributed by atoms with van der Waals surface area (Å²) in [6.45, 7) is 6.00. The zero-order valence-electron chi connectivity index (χ0n) is 9.35. The second-order valence-corrected chi connectivity index (χ2v) is 3.89. The van der Waals surface area contributed by atoms with Crippen LogP contribution in [0.25, 0.3) is 0 Å². The Morgan fingerprint density at radius 2 is 2.25 bits per heavy atom. The van der Waals surface area contributed by atoms with E-state index in [-0.39, 0.29) is 0 Å². The topological polar surface area (TPSA) is 60.8 Å². The predicted molar refractivity (Wildman–Crippen MR) is 63.4 cm³/mol. The number of rotatable bonds is 2. The average molecular weight is 220 g/mol. The second-order valence-electron chi connectivity index (χ2n) is 3.89. The van der Waals surface area contributed by atoms with Crippen LogP contribution >= 0.6 is 0 Å². The van der Waals surface area contributed by atoms with Crippen molar-refractivity contribution >= 4 is 12.0 Å². The molecule has 16 heavy (non-hydrogen) atoms. The molecule has 2 heterocycles. The third-order valence-corrected chi connectivity index (χ3v) is 2.70. The largest absolute Gasteiger partial charge is 0.411 e. The molecular weight excluding hydrogens is 204 g/mol. The van der Waals surface area contributed by atoms with Gasteiger partial charge in [-0.15, -0.1) is 0 Å². The van der Waals surface area contributed by atoms with Crippen molar-refractivity contribution in [3.63, 3.8) is 0 Å². The molecule has 86 valence electrons. The van der Waals surface area contributed by atoms with Gasteiger partial charge in [0, 0.05) is 37.9 Å². The van der Waals surface area contributed by atoms with Gasteiger partial charge in [0.15, 0.2) is 0 Å². The Bertz CT molecular complexity index is 386. The maximum atomic E-state index is 8.45. The van der Waals surface area contributed by atoms with Crippen LogP contribution in [0, 0.1) is 6.92 Å². The zero-order valence-corrected chi connectivity index (χ0v) is 9.35. The third-order valence-electron chi connectivity index (χ3n) is 2.70. The number of hydrogen-bond acceptors (Lipinski definition) is 5. The van der Waals surface area contributed by atoms with E-state index in [1.165, 1.54) is 6.21 Å². The maximum absolute atomic E-state index is 8.45. The van der Waals surface area contributed by atoms with E-state index in [9.17, 15) is 0 Å². The minimum Gasteiger partial charge on any atom is -0.411 e. The normalized spacial score (nSPS) is 16.9. The molecule has 2 rings (SSSR count). The van der Waals surface area contributed by atoms with Gasteiger partial charge in [0.05, 0.1) is 6.21 Å². The number of oxime groups is 1. The van der Waals surface area contributed by atoms with Gasteiger partial charge >= 0.3 is 0 Å². The average Bonchev–Trinajstić information content (AvgIpc) is 2.31. The lowest BCUT2D eigenvalue weighted by Gasteiger charge is -2.29. The molecule has 0 unspecified atom stereocenters. The molecule has 0 spiro atoms. The first-order chi connectivity index (χ1) is 7.81. The molecular formula is C11H16N4O. The maximum Gasteiger partial charge on any atom is 0.131 e. The van der Waals surface area contributed by atoms with Crippen LogP contribution in [-0.2, 0) is 0 Å². The summed E-state index contributed by atoms with van der Waals surface area (Å²) in [6, 6.07) is 1.98. The van der Waals surface area contributed by atoms with Gasteiger partial charge < -0.3 is 15.4 Å². The molecule has 0 amide bonds. The zero-order chi connectivity index (χ0) is 11.4. The first-order valence-electron chi connectivity index (χ1n) is 5.41. The van der Waals surface area contributed by atoms with Gasteiger partial charge in [0.1, 0.15) is 5.82 Å². The summed E-state index contributed by atoms with van der Waals surface area (Å²) < 4.78 is 0. The van der Waals surface area contributed by atoms with Crippen molar-refractivity contribution < 1.29 is 5.21 Å². The fourth-order valence-corrected chi connectivity index (χ4v) is 1.93. The minimum atomic E-state index is 0.818. The van der Waals surface area contributed by atoms with Gasteiger partial charge in [-0.1, -0.05) is 5.16 Å². The monoisotopic (exact) mass is 220 g/mol. The van der Waals surface area contributed by atoms with Gasteiger partial charge in [-0.2, -0.15) is 0 Å². The number of nitrogens with one attached hydrogen (secondary N) is 1. The van der Waals surface area contributed by atoms with E-state index in [2.05, 4.69) is 20.4 Å². The highest BCUT2D eigenvalue weighted by atomic mass is 16.4. The first kappa shape index (κ1) is 10.9. The summed E-state index contributed by atoms with van der Waals surface area (Å²) in [7, 11) is 0. The lowest BCUT2D eigenvalue weighted by atomic mass is 10.2. The molecule has 5 nitrogen and oxygen atoms in total. The van der Waals surface area contributed by atoms with Crippen LogP contribution in [0.5, 0.6) is 0 Å². The van der Waals surface area contributed by atoms with Crippen molar-refractivity contribution in [2.75, 3.05) is 31.1 Å². The SMILES string of the molecule is Cc1cc(/C=N/O)cnc1N1CCNCC1. The lowest BCUT2D eigenvalue weighted by Crippen LogP contribution is -2.44. The van der Waals surface area contributed by atoms with Crippen LogP contribution in [0.4, 0.5) is 5.82 Å². The Balaban J connectivity index is 2.21. The molecule has 0 saturated carbocycles. The standard InChI is InChI=1S/C11H16N4O/c1-9-6-10(8-14-16)7-13-11(9)15-4-2-12-3-5-15/h6-8,12,16H,2-5H2,1H3/b14-8+. The van der Waals surface area contributed by atoms with Gasteiger partial charge in [-0.25, -0.2) is 4.98 Å². The fraction of sp³-hybridized carbons (Fsp3) is 0.455. The van der Waals surface area contributed by atoms with Crippen molar-refractivity contribution in [1.29, 1.82) is 0 Å². The van der Waals surface area contributed by atoms with Gasteiger partial charge in [-0.3, -0.25) is 0 Å². The summed E-state index contributed by atoms with van der Waals surface area (Å²) in [5.74, 6) is 1.02. The molecule has 0 aromatic carbocycles. The number of pyridine rings is 1. The predicted octanol–water partition coefficient (Wildman–Crippen LogP) is 0.608. The quantitative estimate of drug-likeness (QED) is 0.435. The molecule has 2 N–H and O–H groups in total. The minimum absolute atomic E-state index is 0.818. The third kappa shape index (κ3) is 2.30. The Kier molecular flexibility index (Phi) is 3.36. The van der Waals surface area contributed by atoms with Crippen molar-refractivity contribution in [2.24, 2.45) is 5.16 Å². The molecule has 1 aliphatic heterocycles. The van der Waals surface area contributed by atoms with Crippen LogP contribution in [0.2, 0.25) is 0 Å². The molecule has 1 aliphatic rings. The molecule has 0 bridgehead atoms. The summed E-state index contributed by atoms with van der Waals surface area (Å²) in [4.78, 5) is 6.69. The highest BCUT2D eigenvalue weighted by Crippen LogP contribution is 2.17. The van der Waals surface area contributed by atoms with E-state index in [1.54, 1.807) is 6.20 Å². The Hall–Kier alpha value is -1.62. The summed E-state index contributed by atoms with van der Waals surface area (Å²) in [5, 5.41) is 14.8. The molecule has 1 aromatic rings. The van der Waals surface area contributed by atoms with E-state index >= 15 is 0 Å². The molecule has 1 saturated heterocycles. The molecule has 1 aromatic heterocycles.